The first-order chi connectivity index (χ1) is 8.88. The summed E-state index contributed by atoms with van der Waals surface area (Å²) in [7, 11) is 0. The Morgan fingerprint density at radius 2 is 2.44 bits per heavy atom. The van der Waals surface area contributed by atoms with Gasteiger partial charge in [-0.2, -0.15) is 0 Å². The highest BCUT2D eigenvalue weighted by Gasteiger charge is 2.15. The van der Waals surface area contributed by atoms with E-state index in [4.69, 9.17) is 14.6 Å². The van der Waals surface area contributed by atoms with E-state index in [-0.39, 0.29) is 12.7 Å². The zero-order valence-electron chi connectivity index (χ0n) is 10.3. The first-order valence-corrected chi connectivity index (χ1v) is 6.17. The molecule has 1 atom stereocenters. The van der Waals surface area contributed by atoms with Crippen molar-refractivity contribution in [1.82, 2.24) is 4.98 Å². The first kappa shape index (κ1) is 12.9. The van der Waals surface area contributed by atoms with Crippen LogP contribution in [0.25, 0.3) is 0 Å². The Morgan fingerprint density at radius 3 is 3.22 bits per heavy atom. The predicted molar refractivity (Wildman–Crippen MR) is 67.3 cm³/mol. The van der Waals surface area contributed by atoms with Gasteiger partial charge in [-0.15, -0.1) is 0 Å². The fraction of sp³-hybridized carbons (Fsp3) is 0.500. The predicted octanol–water partition coefficient (Wildman–Crippen LogP) is 1.37. The molecule has 0 aromatic carbocycles. The lowest BCUT2D eigenvalue weighted by Gasteiger charge is -2.10. The maximum absolute atomic E-state index is 8.65. The van der Waals surface area contributed by atoms with Crippen molar-refractivity contribution in [2.24, 2.45) is 0 Å². The van der Waals surface area contributed by atoms with Crippen molar-refractivity contribution in [3.63, 3.8) is 0 Å². The Bertz CT molecular complexity index is 430. The highest BCUT2D eigenvalue weighted by Crippen LogP contribution is 2.15. The van der Waals surface area contributed by atoms with Crippen molar-refractivity contribution in [3.8, 4) is 17.6 Å². The number of aliphatic hydroxyl groups is 1. The lowest BCUT2D eigenvalue weighted by atomic mass is 10.2. The number of hydrogen-bond acceptors (Lipinski definition) is 4. The lowest BCUT2D eigenvalue weighted by Crippen LogP contribution is -2.16. The van der Waals surface area contributed by atoms with Crippen LogP contribution in [0.4, 0.5) is 0 Å². The zero-order chi connectivity index (χ0) is 12.6. The normalized spacial score (nSPS) is 18.2. The molecule has 2 heterocycles. The third-order valence-electron chi connectivity index (χ3n) is 2.64. The minimum Gasteiger partial charge on any atom is -0.489 e. The third kappa shape index (κ3) is 4.02. The van der Waals surface area contributed by atoms with Crippen LogP contribution in [0.5, 0.6) is 5.75 Å². The fourth-order valence-electron chi connectivity index (χ4n) is 1.75. The molecule has 1 aliphatic heterocycles. The summed E-state index contributed by atoms with van der Waals surface area (Å²) in [6, 6.07) is 1.85. The van der Waals surface area contributed by atoms with E-state index < -0.39 is 0 Å². The Labute approximate surface area is 107 Å². The lowest BCUT2D eigenvalue weighted by molar-refractivity contribution is 0.0678. The minimum absolute atomic E-state index is 0.0790. The SMILES string of the molecule is OCCC#Cc1cncc(OCC2CCCO2)c1. The number of pyridine rings is 1. The van der Waals surface area contributed by atoms with Gasteiger partial charge in [0, 0.05) is 24.8 Å². The van der Waals surface area contributed by atoms with Crippen molar-refractivity contribution < 1.29 is 14.6 Å². The largest absolute Gasteiger partial charge is 0.489 e. The highest BCUT2D eigenvalue weighted by molar-refractivity contribution is 5.36. The molecule has 2 rings (SSSR count). The van der Waals surface area contributed by atoms with E-state index in [9.17, 15) is 0 Å². The fourth-order valence-corrected chi connectivity index (χ4v) is 1.75. The molecule has 0 aliphatic carbocycles. The molecular formula is C14H17NO3. The molecule has 1 aliphatic rings. The van der Waals surface area contributed by atoms with Gasteiger partial charge in [-0.05, 0) is 18.9 Å². The van der Waals surface area contributed by atoms with Crippen LogP contribution in [0.15, 0.2) is 18.5 Å². The van der Waals surface area contributed by atoms with Crippen LogP contribution < -0.4 is 4.74 Å². The first-order valence-electron chi connectivity index (χ1n) is 6.17. The smallest absolute Gasteiger partial charge is 0.138 e. The Balaban J connectivity index is 1.88. The molecule has 4 heteroatoms. The van der Waals surface area contributed by atoms with Gasteiger partial charge in [-0.25, -0.2) is 0 Å². The van der Waals surface area contributed by atoms with Crippen molar-refractivity contribution >= 4 is 0 Å². The van der Waals surface area contributed by atoms with Gasteiger partial charge in [0.05, 0.1) is 18.9 Å². The molecule has 1 aromatic heterocycles. The number of aliphatic hydroxyl groups excluding tert-OH is 1. The summed E-state index contributed by atoms with van der Waals surface area (Å²) in [4.78, 5) is 4.08. The molecule has 1 saturated heterocycles. The number of nitrogens with zero attached hydrogens (tertiary/aromatic N) is 1. The summed E-state index contributed by atoms with van der Waals surface area (Å²) in [5.41, 5.74) is 0.799. The molecule has 0 radical (unpaired) electrons. The summed E-state index contributed by atoms with van der Waals surface area (Å²) < 4.78 is 11.1. The topological polar surface area (TPSA) is 51.6 Å². The van der Waals surface area contributed by atoms with E-state index in [1.54, 1.807) is 12.4 Å². The summed E-state index contributed by atoms with van der Waals surface area (Å²) in [5, 5.41) is 8.65. The van der Waals surface area contributed by atoms with Gasteiger partial charge in [0.1, 0.15) is 12.4 Å². The standard InChI is InChI=1S/C14H17NO3/c16-6-2-1-4-12-8-14(10-15-9-12)18-11-13-5-3-7-17-13/h8-10,13,16H,2-3,5-7,11H2. The van der Waals surface area contributed by atoms with Crippen LogP contribution in [0.1, 0.15) is 24.8 Å². The molecule has 96 valence electrons. The molecule has 1 aromatic rings. The van der Waals surface area contributed by atoms with E-state index in [1.165, 1.54) is 0 Å². The summed E-state index contributed by atoms with van der Waals surface area (Å²) in [5.74, 6) is 6.50. The second-order valence-electron chi connectivity index (χ2n) is 4.13. The molecule has 18 heavy (non-hydrogen) atoms. The second-order valence-corrected chi connectivity index (χ2v) is 4.13. The molecule has 0 amide bonds. The molecule has 1 N–H and O–H groups in total. The number of rotatable bonds is 4. The number of aromatic nitrogens is 1. The third-order valence-corrected chi connectivity index (χ3v) is 2.64. The molecule has 0 spiro atoms. The van der Waals surface area contributed by atoms with E-state index in [2.05, 4.69) is 16.8 Å². The van der Waals surface area contributed by atoms with Crippen LogP contribution >= 0.6 is 0 Å². The summed E-state index contributed by atoms with van der Waals surface area (Å²) >= 11 is 0. The second kappa shape index (κ2) is 7.00. The van der Waals surface area contributed by atoms with Crippen LogP contribution in [0.2, 0.25) is 0 Å². The number of hydrogen-bond donors (Lipinski definition) is 1. The van der Waals surface area contributed by atoms with Crippen molar-refractivity contribution in [2.75, 3.05) is 19.8 Å². The van der Waals surface area contributed by atoms with Crippen LogP contribution in [-0.4, -0.2) is 36.0 Å². The van der Waals surface area contributed by atoms with E-state index in [0.29, 0.717) is 18.8 Å². The Kier molecular flexibility index (Phi) is 5.00. The Morgan fingerprint density at radius 1 is 1.50 bits per heavy atom. The average molecular weight is 247 g/mol. The van der Waals surface area contributed by atoms with Gasteiger partial charge < -0.3 is 14.6 Å². The van der Waals surface area contributed by atoms with Gasteiger partial charge in [-0.1, -0.05) is 11.8 Å². The van der Waals surface area contributed by atoms with Crippen LogP contribution in [0.3, 0.4) is 0 Å². The van der Waals surface area contributed by atoms with Crippen molar-refractivity contribution in [3.05, 3.63) is 24.0 Å². The molecule has 1 unspecified atom stereocenters. The van der Waals surface area contributed by atoms with Crippen molar-refractivity contribution in [1.29, 1.82) is 0 Å². The minimum atomic E-state index is 0.0790. The molecule has 0 saturated carbocycles. The summed E-state index contributed by atoms with van der Waals surface area (Å²) in [6.07, 6.45) is 6.20. The van der Waals surface area contributed by atoms with E-state index in [0.717, 1.165) is 25.0 Å². The monoisotopic (exact) mass is 247 g/mol. The average Bonchev–Trinajstić information content (AvgIpc) is 2.90. The van der Waals surface area contributed by atoms with Gasteiger partial charge in [0.15, 0.2) is 0 Å². The van der Waals surface area contributed by atoms with E-state index in [1.807, 2.05) is 6.07 Å². The molecular weight excluding hydrogens is 230 g/mol. The van der Waals surface area contributed by atoms with E-state index >= 15 is 0 Å². The summed E-state index contributed by atoms with van der Waals surface area (Å²) in [6.45, 7) is 1.48. The van der Waals surface area contributed by atoms with Crippen LogP contribution in [0, 0.1) is 11.8 Å². The quantitative estimate of drug-likeness (QED) is 0.817. The highest BCUT2D eigenvalue weighted by atomic mass is 16.5. The Hall–Kier alpha value is -1.57. The van der Waals surface area contributed by atoms with Crippen LogP contribution in [-0.2, 0) is 4.74 Å². The van der Waals surface area contributed by atoms with Gasteiger partial charge in [0.25, 0.3) is 0 Å². The maximum Gasteiger partial charge on any atom is 0.138 e. The maximum atomic E-state index is 8.65. The number of ether oxygens (including phenoxy) is 2. The van der Waals surface area contributed by atoms with Gasteiger partial charge in [-0.3, -0.25) is 4.98 Å². The molecule has 1 fully saturated rings. The van der Waals surface area contributed by atoms with Crippen molar-refractivity contribution in [2.45, 2.75) is 25.4 Å². The zero-order valence-corrected chi connectivity index (χ0v) is 10.3. The van der Waals surface area contributed by atoms with Gasteiger partial charge in [0.2, 0.25) is 0 Å². The van der Waals surface area contributed by atoms with Gasteiger partial charge >= 0.3 is 0 Å². The molecule has 0 bridgehead atoms. The molecule has 4 nitrogen and oxygen atoms in total.